The highest BCUT2D eigenvalue weighted by Crippen LogP contribution is 2.23. The van der Waals surface area contributed by atoms with Gasteiger partial charge in [-0.05, 0) is 30.2 Å². The Bertz CT molecular complexity index is 482. The van der Waals surface area contributed by atoms with Crippen molar-refractivity contribution >= 4 is 11.6 Å². The summed E-state index contributed by atoms with van der Waals surface area (Å²) in [6.07, 6.45) is 0.560. The number of rotatable bonds is 4. The van der Waals surface area contributed by atoms with Gasteiger partial charge >= 0.3 is 0 Å². The Balaban J connectivity index is 1.77. The zero-order chi connectivity index (χ0) is 16.2. The number of piperazine rings is 1. The van der Waals surface area contributed by atoms with Crippen LogP contribution in [0.25, 0.3) is 0 Å². The lowest BCUT2D eigenvalue weighted by Gasteiger charge is -2.32. The van der Waals surface area contributed by atoms with Gasteiger partial charge in [-0.25, -0.2) is 0 Å². The van der Waals surface area contributed by atoms with Crippen LogP contribution in [0, 0.1) is 0 Å². The van der Waals surface area contributed by atoms with E-state index in [0.717, 1.165) is 38.4 Å². The van der Waals surface area contributed by atoms with Crippen molar-refractivity contribution in [3.8, 4) is 0 Å². The molecule has 1 heterocycles. The van der Waals surface area contributed by atoms with Gasteiger partial charge in [0.25, 0.3) is 0 Å². The molecule has 1 amide bonds. The molecule has 22 heavy (non-hydrogen) atoms. The Morgan fingerprint density at radius 1 is 1.09 bits per heavy atom. The number of amides is 1. The number of carbonyl (C=O) groups is 1. The number of likely N-dealkylation sites (N-methyl/N-ethyl adjacent to an activating group) is 1. The first-order chi connectivity index (χ1) is 10.3. The maximum absolute atomic E-state index is 12.1. The van der Waals surface area contributed by atoms with Crippen LogP contribution in [0.15, 0.2) is 24.3 Å². The fourth-order valence-corrected chi connectivity index (χ4v) is 2.61. The van der Waals surface area contributed by atoms with Gasteiger partial charge in [-0.3, -0.25) is 4.79 Å². The van der Waals surface area contributed by atoms with Gasteiger partial charge in [-0.2, -0.15) is 0 Å². The average molecular weight is 303 g/mol. The number of hydrogen-bond acceptors (Lipinski definition) is 3. The van der Waals surface area contributed by atoms with Gasteiger partial charge in [0.2, 0.25) is 5.91 Å². The lowest BCUT2D eigenvalue weighted by atomic mass is 9.87. The minimum absolute atomic E-state index is 0.0995. The van der Waals surface area contributed by atoms with E-state index in [-0.39, 0.29) is 11.3 Å². The van der Waals surface area contributed by atoms with Crippen molar-refractivity contribution in [3.05, 3.63) is 29.8 Å². The smallest absolute Gasteiger partial charge is 0.225 e. The summed E-state index contributed by atoms with van der Waals surface area (Å²) in [6, 6.07) is 8.18. The van der Waals surface area contributed by atoms with E-state index in [1.54, 1.807) is 0 Å². The second-order valence-electron chi connectivity index (χ2n) is 7.27. The topological polar surface area (TPSA) is 35.6 Å². The Morgan fingerprint density at radius 2 is 1.68 bits per heavy atom. The standard InChI is InChI=1S/C18H29N3O/c1-18(2,3)15-5-7-16(8-6-15)19-17(22)9-10-21-13-11-20(4)12-14-21/h5-8H,9-14H2,1-4H3,(H,19,22). The van der Waals surface area contributed by atoms with Crippen LogP contribution in [0.2, 0.25) is 0 Å². The molecule has 1 aromatic carbocycles. The molecule has 1 saturated heterocycles. The van der Waals surface area contributed by atoms with Gasteiger partial charge in [0, 0.05) is 44.8 Å². The number of benzene rings is 1. The number of nitrogens with zero attached hydrogens (tertiary/aromatic N) is 2. The fraction of sp³-hybridized carbons (Fsp3) is 0.611. The van der Waals surface area contributed by atoms with Crippen molar-refractivity contribution in [2.75, 3.05) is 45.1 Å². The van der Waals surface area contributed by atoms with Crippen LogP contribution in [0.1, 0.15) is 32.8 Å². The molecule has 1 aliphatic rings. The van der Waals surface area contributed by atoms with Crippen molar-refractivity contribution in [2.24, 2.45) is 0 Å². The first kappa shape index (κ1) is 17.0. The zero-order valence-electron chi connectivity index (χ0n) is 14.4. The molecule has 4 nitrogen and oxygen atoms in total. The van der Waals surface area contributed by atoms with Gasteiger partial charge in [0.05, 0.1) is 0 Å². The molecular formula is C18H29N3O. The number of hydrogen-bond donors (Lipinski definition) is 1. The van der Waals surface area contributed by atoms with Crippen LogP contribution in [-0.4, -0.2) is 55.5 Å². The molecule has 1 N–H and O–H groups in total. The third-order valence-corrected chi connectivity index (χ3v) is 4.29. The van der Waals surface area contributed by atoms with Crippen LogP contribution < -0.4 is 5.32 Å². The van der Waals surface area contributed by atoms with E-state index in [9.17, 15) is 4.79 Å². The normalized spacial score (nSPS) is 17.5. The molecule has 0 spiro atoms. The molecule has 0 radical (unpaired) electrons. The number of nitrogens with one attached hydrogen (secondary N) is 1. The van der Waals surface area contributed by atoms with Crippen molar-refractivity contribution in [3.63, 3.8) is 0 Å². The van der Waals surface area contributed by atoms with Crippen molar-refractivity contribution in [1.29, 1.82) is 0 Å². The minimum atomic E-state index is 0.0995. The fourth-order valence-electron chi connectivity index (χ4n) is 2.61. The Kier molecular flexibility index (Phi) is 5.59. The van der Waals surface area contributed by atoms with Crippen LogP contribution in [0.5, 0.6) is 0 Å². The highest BCUT2D eigenvalue weighted by atomic mass is 16.1. The van der Waals surface area contributed by atoms with Crippen LogP contribution in [0.4, 0.5) is 5.69 Å². The quantitative estimate of drug-likeness (QED) is 0.928. The molecule has 0 unspecified atom stereocenters. The molecule has 0 aliphatic carbocycles. The van der Waals surface area contributed by atoms with E-state index >= 15 is 0 Å². The highest BCUT2D eigenvalue weighted by molar-refractivity contribution is 5.90. The second kappa shape index (κ2) is 7.25. The van der Waals surface area contributed by atoms with Crippen molar-refractivity contribution in [2.45, 2.75) is 32.6 Å². The summed E-state index contributed by atoms with van der Waals surface area (Å²) in [4.78, 5) is 16.7. The third kappa shape index (κ3) is 5.11. The monoisotopic (exact) mass is 303 g/mol. The van der Waals surface area contributed by atoms with Crippen LogP contribution >= 0.6 is 0 Å². The molecule has 4 heteroatoms. The molecule has 0 atom stereocenters. The summed E-state index contributed by atoms with van der Waals surface area (Å²) in [5, 5.41) is 2.99. The molecule has 2 rings (SSSR count). The van der Waals surface area contributed by atoms with E-state index in [2.05, 4.69) is 55.1 Å². The lowest BCUT2D eigenvalue weighted by molar-refractivity contribution is -0.116. The van der Waals surface area contributed by atoms with Crippen LogP contribution in [0.3, 0.4) is 0 Å². The van der Waals surface area contributed by atoms with E-state index in [4.69, 9.17) is 0 Å². The summed E-state index contributed by atoms with van der Waals surface area (Å²) in [7, 11) is 2.14. The number of carbonyl (C=O) groups excluding carboxylic acids is 1. The van der Waals surface area contributed by atoms with Crippen molar-refractivity contribution < 1.29 is 4.79 Å². The molecule has 1 aromatic rings. The molecule has 0 aromatic heterocycles. The van der Waals surface area contributed by atoms with Gasteiger partial charge in [-0.1, -0.05) is 32.9 Å². The Hall–Kier alpha value is -1.39. The summed E-state index contributed by atoms with van der Waals surface area (Å²) < 4.78 is 0. The summed E-state index contributed by atoms with van der Waals surface area (Å²) >= 11 is 0. The number of anilines is 1. The van der Waals surface area contributed by atoms with Gasteiger partial charge in [-0.15, -0.1) is 0 Å². The maximum Gasteiger partial charge on any atom is 0.225 e. The largest absolute Gasteiger partial charge is 0.326 e. The van der Waals surface area contributed by atoms with Gasteiger partial charge in [0.15, 0.2) is 0 Å². The van der Waals surface area contributed by atoms with E-state index in [1.807, 2.05) is 12.1 Å². The van der Waals surface area contributed by atoms with Gasteiger partial charge in [0.1, 0.15) is 0 Å². The summed E-state index contributed by atoms with van der Waals surface area (Å²) in [5.41, 5.74) is 2.31. The predicted molar refractivity (Wildman–Crippen MR) is 92.3 cm³/mol. The van der Waals surface area contributed by atoms with E-state index < -0.39 is 0 Å². The van der Waals surface area contributed by atoms with Crippen LogP contribution in [-0.2, 0) is 10.2 Å². The lowest BCUT2D eigenvalue weighted by Crippen LogP contribution is -2.45. The first-order valence-electron chi connectivity index (χ1n) is 8.16. The molecule has 1 fully saturated rings. The van der Waals surface area contributed by atoms with Gasteiger partial charge < -0.3 is 15.1 Å². The molecule has 1 aliphatic heterocycles. The average Bonchev–Trinajstić information content (AvgIpc) is 2.46. The SMILES string of the molecule is CN1CCN(CCC(=O)Nc2ccc(C(C)(C)C)cc2)CC1. The summed E-state index contributed by atoms with van der Waals surface area (Å²) in [6.45, 7) is 11.7. The van der Waals surface area contributed by atoms with E-state index in [1.165, 1.54) is 5.56 Å². The molecule has 0 saturated carbocycles. The zero-order valence-corrected chi connectivity index (χ0v) is 14.4. The Morgan fingerprint density at radius 3 is 2.23 bits per heavy atom. The predicted octanol–water partition coefficient (Wildman–Crippen LogP) is 2.56. The maximum atomic E-state index is 12.1. The second-order valence-corrected chi connectivity index (χ2v) is 7.27. The molecule has 122 valence electrons. The highest BCUT2D eigenvalue weighted by Gasteiger charge is 2.15. The molecular weight excluding hydrogens is 274 g/mol. The minimum Gasteiger partial charge on any atom is -0.326 e. The Labute approximate surface area is 134 Å². The third-order valence-electron chi connectivity index (χ3n) is 4.29. The molecule has 0 bridgehead atoms. The first-order valence-corrected chi connectivity index (χ1v) is 8.16. The van der Waals surface area contributed by atoms with E-state index in [0.29, 0.717) is 6.42 Å². The van der Waals surface area contributed by atoms with Crippen molar-refractivity contribution in [1.82, 2.24) is 9.80 Å². The summed E-state index contributed by atoms with van der Waals surface area (Å²) in [5.74, 6) is 0.0995.